The quantitative estimate of drug-likeness (QED) is 0.723. The van der Waals surface area contributed by atoms with Gasteiger partial charge in [0.15, 0.2) is 0 Å². The number of amides is 2. The van der Waals surface area contributed by atoms with Gasteiger partial charge in [0.25, 0.3) is 0 Å². The molecule has 2 amide bonds. The highest BCUT2D eigenvalue weighted by atomic mass is 19.1. The third-order valence-corrected chi connectivity index (χ3v) is 3.18. The monoisotopic (exact) mass is 300 g/mol. The van der Waals surface area contributed by atoms with Gasteiger partial charge in [-0.1, -0.05) is 13.8 Å². The van der Waals surface area contributed by atoms with Crippen molar-refractivity contribution in [3.63, 3.8) is 0 Å². The van der Waals surface area contributed by atoms with Gasteiger partial charge in [0.1, 0.15) is 11.6 Å². The van der Waals surface area contributed by atoms with Gasteiger partial charge in [0, 0.05) is 25.3 Å². The van der Waals surface area contributed by atoms with E-state index < -0.39 is 11.6 Å². The fourth-order valence-corrected chi connectivity index (χ4v) is 2.01. The summed E-state index contributed by atoms with van der Waals surface area (Å²) in [6, 6.07) is 2.84. The van der Waals surface area contributed by atoms with E-state index in [0.717, 1.165) is 6.07 Å². The van der Waals surface area contributed by atoms with Crippen LogP contribution >= 0.6 is 0 Å². The number of benzene rings is 1. The van der Waals surface area contributed by atoms with Crippen LogP contribution in [-0.2, 0) is 6.42 Å². The first kappa shape index (κ1) is 17.4. The van der Waals surface area contributed by atoms with Crippen LogP contribution in [0.25, 0.3) is 0 Å². The van der Waals surface area contributed by atoms with Crippen LogP contribution in [0.2, 0.25) is 0 Å². The molecule has 1 rings (SSSR count). The minimum absolute atomic E-state index is 0.00565. The number of hydrogen-bond donors (Lipinski definition) is 3. The zero-order valence-corrected chi connectivity index (χ0v) is 12.3. The van der Waals surface area contributed by atoms with E-state index in [4.69, 9.17) is 5.11 Å². The molecule has 0 saturated carbocycles. The number of urea groups is 1. The predicted molar refractivity (Wildman–Crippen MR) is 76.9 cm³/mol. The van der Waals surface area contributed by atoms with Crippen LogP contribution in [0, 0.1) is 17.6 Å². The number of nitrogens with one attached hydrogen (secondary N) is 2. The predicted octanol–water partition coefficient (Wildman–Crippen LogP) is 2.21. The summed E-state index contributed by atoms with van der Waals surface area (Å²) in [5, 5.41) is 14.3. The van der Waals surface area contributed by atoms with Crippen LogP contribution in [0.5, 0.6) is 0 Å². The van der Waals surface area contributed by atoms with Crippen LogP contribution in [0.3, 0.4) is 0 Å². The van der Waals surface area contributed by atoms with Crippen molar-refractivity contribution in [1.29, 1.82) is 0 Å². The summed E-state index contributed by atoms with van der Waals surface area (Å²) < 4.78 is 26.0. The van der Waals surface area contributed by atoms with E-state index in [1.165, 1.54) is 12.1 Å². The third kappa shape index (κ3) is 6.53. The summed E-state index contributed by atoms with van der Waals surface area (Å²) in [6.07, 6.45) is 0.828. The van der Waals surface area contributed by atoms with Crippen LogP contribution in [0.4, 0.5) is 13.6 Å². The van der Waals surface area contributed by atoms with Crippen molar-refractivity contribution in [2.75, 3.05) is 13.2 Å². The summed E-state index contributed by atoms with van der Waals surface area (Å²) in [5.74, 6) is -1.05. The highest BCUT2D eigenvalue weighted by Crippen LogP contribution is 2.08. The summed E-state index contributed by atoms with van der Waals surface area (Å²) in [6.45, 7) is 4.19. The van der Waals surface area contributed by atoms with E-state index >= 15 is 0 Å². The van der Waals surface area contributed by atoms with Gasteiger partial charge in [0.05, 0.1) is 0 Å². The molecule has 0 aliphatic heterocycles. The van der Waals surface area contributed by atoms with Gasteiger partial charge in [-0.3, -0.25) is 0 Å². The Kier molecular flexibility index (Phi) is 7.08. The molecule has 6 heteroatoms. The van der Waals surface area contributed by atoms with Gasteiger partial charge in [0.2, 0.25) is 0 Å². The topological polar surface area (TPSA) is 61.4 Å². The van der Waals surface area contributed by atoms with Crippen molar-refractivity contribution in [1.82, 2.24) is 10.6 Å². The first-order valence-electron chi connectivity index (χ1n) is 7.02. The van der Waals surface area contributed by atoms with Crippen molar-refractivity contribution in [3.8, 4) is 0 Å². The Balaban J connectivity index is 2.39. The molecule has 1 unspecified atom stereocenters. The zero-order valence-electron chi connectivity index (χ0n) is 12.3. The van der Waals surface area contributed by atoms with Crippen molar-refractivity contribution >= 4 is 6.03 Å². The van der Waals surface area contributed by atoms with E-state index in [2.05, 4.69) is 10.6 Å². The molecule has 0 heterocycles. The van der Waals surface area contributed by atoms with Gasteiger partial charge in [-0.15, -0.1) is 0 Å². The number of halogens is 2. The largest absolute Gasteiger partial charge is 0.396 e. The lowest BCUT2D eigenvalue weighted by atomic mass is 10.0. The molecule has 21 heavy (non-hydrogen) atoms. The van der Waals surface area contributed by atoms with E-state index in [0.29, 0.717) is 18.4 Å². The van der Waals surface area contributed by atoms with Crippen molar-refractivity contribution < 1.29 is 18.7 Å². The highest BCUT2D eigenvalue weighted by molar-refractivity contribution is 5.74. The minimum Gasteiger partial charge on any atom is -0.396 e. The molecular formula is C15H22F2N2O2. The Hall–Kier alpha value is -1.69. The summed E-state index contributed by atoms with van der Waals surface area (Å²) in [5.41, 5.74) is 0.489. The van der Waals surface area contributed by atoms with Crippen LogP contribution in [0.15, 0.2) is 18.2 Å². The van der Waals surface area contributed by atoms with Crippen LogP contribution in [0.1, 0.15) is 25.8 Å². The molecule has 0 bridgehead atoms. The molecule has 3 N–H and O–H groups in total. The average Bonchev–Trinajstić information content (AvgIpc) is 2.36. The molecule has 1 atom stereocenters. The van der Waals surface area contributed by atoms with Gasteiger partial charge in [-0.25, -0.2) is 13.6 Å². The Morgan fingerprint density at radius 1 is 1.24 bits per heavy atom. The maximum Gasteiger partial charge on any atom is 0.315 e. The molecule has 1 aromatic carbocycles. The van der Waals surface area contributed by atoms with Crippen molar-refractivity contribution in [2.24, 2.45) is 5.92 Å². The van der Waals surface area contributed by atoms with Crippen molar-refractivity contribution in [3.05, 3.63) is 35.4 Å². The van der Waals surface area contributed by atoms with Crippen molar-refractivity contribution in [2.45, 2.75) is 32.7 Å². The normalized spacial score (nSPS) is 12.3. The first-order chi connectivity index (χ1) is 9.92. The first-order valence-corrected chi connectivity index (χ1v) is 7.02. The highest BCUT2D eigenvalue weighted by Gasteiger charge is 2.15. The second-order valence-corrected chi connectivity index (χ2v) is 5.29. The Bertz CT molecular complexity index is 447. The van der Waals surface area contributed by atoms with E-state index in [1.807, 2.05) is 13.8 Å². The molecule has 118 valence electrons. The van der Waals surface area contributed by atoms with E-state index in [1.54, 1.807) is 0 Å². The Morgan fingerprint density at radius 2 is 1.86 bits per heavy atom. The smallest absolute Gasteiger partial charge is 0.315 e. The third-order valence-electron chi connectivity index (χ3n) is 3.18. The molecule has 0 aliphatic rings. The summed E-state index contributed by atoms with van der Waals surface area (Å²) >= 11 is 0. The number of carbonyl (C=O) groups excluding carboxylic acids is 1. The number of aliphatic hydroxyl groups is 1. The van der Waals surface area contributed by atoms with Gasteiger partial charge in [-0.05, 0) is 36.5 Å². The molecule has 0 aromatic heterocycles. The summed E-state index contributed by atoms with van der Waals surface area (Å²) in [4.78, 5) is 11.7. The fourth-order valence-electron chi connectivity index (χ4n) is 2.01. The molecule has 0 saturated heterocycles. The van der Waals surface area contributed by atoms with Gasteiger partial charge in [-0.2, -0.15) is 0 Å². The second-order valence-electron chi connectivity index (χ2n) is 5.29. The Morgan fingerprint density at radius 3 is 2.38 bits per heavy atom. The number of rotatable bonds is 7. The van der Waals surface area contributed by atoms with E-state index in [-0.39, 0.29) is 31.1 Å². The average molecular weight is 300 g/mol. The molecule has 4 nitrogen and oxygen atoms in total. The van der Waals surface area contributed by atoms with Crippen LogP contribution in [-0.4, -0.2) is 30.3 Å². The lowest BCUT2D eigenvalue weighted by Gasteiger charge is -2.21. The summed E-state index contributed by atoms with van der Waals surface area (Å²) in [7, 11) is 0. The molecular weight excluding hydrogens is 278 g/mol. The van der Waals surface area contributed by atoms with Gasteiger partial charge < -0.3 is 15.7 Å². The maximum atomic E-state index is 13.0. The molecule has 0 aliphatic carbocycles. The Labute approximate surface area is 123 Å². The van der Waals surface area contributed by atoms with Gasteiger partial charge >= 0.3 is 6.03 Å². The second kappa shape index (κ2) is 8.56. The molecule has 0 spiro atoms. The lowest BCUT2D eigenvalue weighted by molar-refractivity contribution is 0.219. The molecule has 1 aromatic rings. The lowest BCUT2D eigenvalue weighted by Crippen LogP contribution is -2.45. The zero-order chi connectivity index (χ0) is 15.8. The standard InChI is InChI=1S/C15H22F2N2O2/c1-10(2)14(4-6-20)19-15(21)18-5-3-11-7-12(16)9-13(17)8-11/h7-10,14,20H,3-6H2,1-2H3,(H2,18,19,21). The maximum absolute atomic E-state index is 13.0. The molecule has 0 fully saturated rings. The van der Waals surface area contributed by atoms with E-state index in [9.17, 15) is 13.6 Å². The number of aliphatic hydroxyl groups excluding tert-OH is 1. The minimum atomic E-state index is -0.628. The molecule has 0 radical (unpaired) electrons. The SMILES string of the molecule is CC(C)C(CCO)NC(=O)NCCc1cc(F)cc(F)c1. The number of hydrogen-bond acceptors (Lipinski definition) is 2. The fraction of sp³-hybridized carbons (Fsp3) is 0.533. The number of carbonyl (C=O) groups is 1. The van der Waals surface area contributed by atoms with Crippen LogP contribution < -0.4 is 10.6 Å².